The van der Waals surface area contributed by atoms with E-state index in [0.29, 0.717) is 31.8 Å². The molecule has 0 aromatic heterocycles. The third-order valence-electron chi connectivity index (χ3n) is 6.29. The van der Waals surface area contributed by atoms with E-state index >= 15 is 0 Å². The van der Waals surface area contributed by atoms with Crippen molar-refractivity contribution < 1.29 is 19.4 Å². The van der Waals surface area contributed by atoms with E-state index in [9.17, 15) is 14.7 Å². The molecule has 0 saturated carbocycles. The summed E-state index contributed by atoms with van der Waals surface area (Å²) in [5.74, 6) is 0.151. The number of fused-ring (bicyclic) bond motifs is 1. The maximum atomic E-state index is 13.5. The van der Waals surface area contributed by atoms with Gasteiger partial charge in [-0.2, -0.15) is 0 Å². The molecule has 7 heteroatoms. The first-order valence-electron chi connectivity index (χ1n) is 11.8. The maximum Gasteiger partial charge on any atom is 0.257 e. The highest BCUT2D eigenvalue weighted by atomic mass is 16.5. The zero-order valence-corrected chi connectivity index (χ0v) is 21.9. The van der Waals surface area contributed by atoms with E-state index in [1.54, 1.807) is 36.1 Å². The number of ether oxygens (including phenoxy) is 1. The van der Waals surface area contributed by atoms with Crippen molar-refractivity contribution in [2.75, 3.05) is 46.2 Å². The summed E-state index contributed by atoms with van der Waals surface area (Å²) in [6, 6.07) is 9.21. The van der Waals surface area contributed by atoms with Gasteiger partial charge in [0, 0.05) is 50.1 Å². The van der Waals surface area contributed by atoms with Crippen molar-refractivity contribution in [3.05, 3.63) is 64.7 Å². The molecule has 0 radical (unpaired) electrons. The van der Waals surface area contributed by atoms with E-state index in [1.807, 2.05) is 64.0 Å². The number of likely N-dealkylation sites (N-methyl/N-ethyl adjacent to an activating group) is 2. The van der Waals surface area contributed by atoms with Crippen molar-refractivity contribution in [1.82, 2.24) is 9.80 Å². The van der Waals surface area contributed by atoms with E-state index in [2.05, 4.69) is 0 Å². The van der Waals surface area contributed by atoms with Gasteiger partial charge >= 0.3 is 0 Å². The molecule has 35 heavy (non-hydrogen) atoms. The van der Waals surface area contributed by atoms with Crippen LogP contribution in [0.1, 0.15) is 47.8 Å². The molecule has 0 unspecified atom stereocenters. The van der Waals surface area contributed by atoms with Crippen LogP contribution in [0.4, 0.5) is 5.69 Å². The van der Waals surface area contributed by atoms with Crippen molar-refractivity contribution >= 4 is 17.5 Å². The van der Waals surface area contributed by atoms with Gasteiger partial charge in [0.25, 0.3) is 5.91 Å². The van der Waals surface area contributed by atoms with Gasteiger partial charge in [-0.3, -0.25) is 9.59 Å². The van der Waals surface area contributed by atoms with Crippen molar-refractivity contribution in [2.45, 2.75) is 39.2 Å². The van der Waals surface area contributed by atoms with Crippen LogP contribution in [-0.4, -0.2) is 68.1 Å². The van der Waals surface area contributed by atoms with Gasteiger partial charge in [0.15, 0.2) is 0 Å². The number of carbonyl (C=O) groups excluding carboxylic acids is 2. The Labute approximate surface area is 208 Å². The van der Waals surface area contributed by atoms with Gasteiger partial charge in [0.05, 0.1) is 12.7 Å². The highest BCUT2D eigenvalue weighted by Gasteiger charge is 2.28. The van der Waals surface area contributed by atoms with E-state index in [4.69, 9.17) is 4.74 Å². The summed E-state index contributed by atoms with van der Waals surface area (Å²) in [4.78, 5) is 31.4. The zero-order chi connectivity index (χ0) is 25.9. The Bertz CT molecular complexity index is 1130. The molecule has 188 valence electrons. The van der Waals surface area contributed by atoms with Crippen LogP contribution in [0.25, 0.3) is 0 Å². The molecule has 1 N–H and O–H groups in total. The predicted octanol–water partition coefficient (Wildman–Crippen LogP) is 3.98. The van der Waals surface area contributed by atoms with Gasteiger partial charge in [-0.25, -0.2) is 0 Å². The Balaban J connectivity index is 1.83. The number of anilines is 1. The van der Waals surface area contributed by atoms with Gasteiger partial charge in [0.2, 0.25) is 5.91 Å². The molecule has 1 heterocycles. The molecule has 0 aliphatic carbocycles. The lowest BCUT2D eigenvalue weighted by molar-refractivity contribution is -0.113. The quantitative estimate of drug-likeness (QED) is 0.635. The lowest BCUT2D eigenvalue weighted by Gasteiger charge is -2.31. The zero-order valence-electron chi connectivity index (χ0n) is 21.9. The SMILES string of the molecule is COc1cc(O)c(C(=O)N2CCc3ccc(N(C)C(=O)/C=C/CN(C)C)cc3C2)cc1C(C)(C)C. The second kappa shape index (κ2) is 10.5. The number of benzene rings is 2. The molecule has 1 aliphatic heterocycles. The monoisotopic (exact) mass is 479 g/mol. The first-order valence-corrected chi connectivity index (χ1v) is 11.8. The molecule has 0 saturated heterocycles. The fraction of sp³-hybridized carbons (Fsp3) is 0.429. The van der Waals surface area contributed by atoms with E-state index in [1.165, 1.54) is 6.07 Å². The number of phenolic OH excluding ortho intramolecular Hbond substituents is 1. The highest BCUT2D eigenvalue weighted by molar-refractivity contribution is 6.01. The number of methoxy groups -OCH3 is 1. The fourth-order valence-corrected chi connectivity index (χ4v) is 4.19. The summed E-state index contributed by atoms with van der Waals surface area (Å²) >= 11 is 0. The van der Waals surface area contributed by atoms with Crippen LogP contribution < -0.4 is 9.64 Å². The van der Waals surface area contributed by atoms with Gasteiger partial charge in [-0.15, -0.1) is 0 Å². The molecule has 0 fully saturated rings. The van der Waals surface area contributed by atoms with Crippen LogP contribution in [-0.2, 0) is 23.2 Å². The van der Waals surface area contributed by atoms with Gasteiger partial charge in [-0.05, 0) is 55.3 Å². The van der Waals surface area contributed by atoms with E-state index < -0.39 is 0 Å². The van der Waals surface area contributed by atoms with Crippen molar-refractivity contribution in [3.63, 3.8) is 0 Å². The molecule has 2 amide bonds. The normalized spacial score (nSPS) is 13.8. The minimum absolute atomic E-state index is 0.0887. The Morgan fingerprint density at radius 1 is 1.11 bits per heavy atom. The van der Waals surface area contributed by atoms with Gasteiger partial charge in [0.1, 0.15) is 11.5 Å². The summed E-state index contributed by atoms with van der Waals surface area (Å²) in [5.41, 5.74) is 3.83. The molecular formula is C28H37N3O4. The molecule has 0 atom stereocenters. The van der Waals surface area contributed by atoms with Gasteiger partial charge < -0.3 is 24.5 Å². The average molecular weight is 480 g/mol. The minimum atomic E-state index is -0.254. The number of hydrogen-bond donors (Lipinski definition) is 1. The van der Waals surface area contributed by atoms with Crippen LogP contribution in [0.5, 0.6) is 11.5 Å². The first kappa shape index (κ1) is 26.3. The molecule has 2 aromatic carbocycles. The minimum Gasteiger partial charge on any atom is -0.507 e. The number of amides is 2. The fourth-order valence-electron chi connectivity index (χ4n) is 4.19. The second-order valence-electron chi connectivity index (χ2n) is 10.3. The molecule has 7 nitrogen and oxygen atoms in total. The van der Waals surface area contributed by atoms with E-state index in [0.717, 1.165) is 22.4 Å². The second-order valence-corrected chi connectivity index (χ2v) is 10.3. The Hall–Kier alpha value is -3.32. The largest absolute Gasteiger partial charge is 0.507 e. The maximum absolute atomic E-state index is 13.5. The van der Waals surface area contributed by atoms with Crippen molar-refractivity contribution in [1.29, 1.82) is 0 Å². The van der Waals surface area contributed by atoms with Crippen LogP contribution in [0.3, 0.4) is 0 Å². The Kier molecular flexibility index (Phi) is 7.90. The molecule has 2 aromatic rings. The van der Waals surface area contributed by atoms with Crippen LogP contribution >= 0.6 is 0 Å². The van der Waals surface area contributed by atoms with Crippen molar-refractivity contribution in [3.8, 4) is 11.5 Å². The molecular weight excluding hydrogens is 442 g/mol. The predicted molar refractivity (Wildman–Crippen MR) is 139 cm³/mol. The Morgan fingerprint density at radius 3 is 2.46 bits per heavy atom. The summed E-state index contributed by atoms with van der Waals surface area (Å²) in [6.07, 6.45) is 4.13. The van der Waals surface area contributed by atoms with E-state index in [-0.39, 0.29) is 28.5 Å². The summed E-state index contributed by atoms with van der Waals surface area (Å²) in [6.45, 7) is 7.79. The summed E-state index contributed by atoms with van der Waals surface area (Å²) in [5, 5.41) is 10.6. The highest BCUT2D eigenvalue weighted by Crippen LogP contribution is 2.37. The number of aromatic hydroxyl groups is 1. The van der Waals surface area contributed by atoms with Gasteiger partial charge in [-0.1, -0.05) is 32.9 Å². The number of nitrogens with zero attached hydrogens (tertiary/aromatic N) is 3. The molecule has 0 bridgehead atoms. The molecule has 0 spiro atoms. The lowest BCUT2D eigenvalue weighted by atomic mass is 9.85. The van der Waals surface area contributed by atoms with Crippen LogP contribution in [0.2, 0.25) is 0 Å². The standard InChI is InChI=1S/C28H37N3O4/c1-28(2,3)23-16-22(24(32)17-25(23)35-7)27(34)31-14-12-19-10-11-21(15-20(19)18-31)30(6)26(33)9-8-13-29(4)5/h8-11,15-17,32H,12-14,18H2,1-7H3/b9-8+. The van der Waals surface area contributed by atoms with Crippen LogP contribution in [0.15, 0.2) is 42.5 Å². The topological polar surface area (TPSA) is 73.3 Å². The molecule has 3 rings (SSSR count). The third kappa shape index (κ3) is 6.03. The first-order chi connectivity index (χ1) is 16.4. The molecule has 1 aliphatic rings. The summed E-state index contributed by atoms with van der Waals surface area (Å²) in [7, 11) is 7.21. The number of phenols is 1. The van der Waals surface area contributed by atoms with Crippen LogP contribution in [0, 0.1) is 0 Å². The third-order valence-corrected chi connectivity index (χ3v) is 6.29. The number of hydrogen-bond acceptors (Lipinski definition) is 5. The smallest absolute Gasteiger partial charge is 0.257 e. The lowest BCUT2D eigenvalue weighted by Crippen LogP contribution is -2.36. The Morgan fingerprint density at radius 2 is 1.83 bits per heavy atom. The van der Waals surface area contributed by atoms with Crippen molar-refractivity contribution in [2.24, 2.45) is 0 Å². The average Bonchev–Trinajstić information content (AvgIpc) is 2.81. The number of rotatable bonds is 6. The summed E-state index contributed by atoms with van der Waals surface area (Å²) < 4.78 is 5.45. The number of carbonyl (C=O) groups is 2.